The highest BCUT2D eigenvalue weighted by atomic mass is 79.9. The third-order valence-corrected chi connectivity index (χ3v) is 5.38. The van der Waals surface area contributed by atoms with E-state index in [9.17, 15) is 8.42 Å². The molecule has 0 spiro atoms. The molecule has 0 unspecified atom stereocenters. The van der Waals surface area contributed by atoms with Crippen molar-refractivity contribution in [2.75, 3.05) is 6.54 Å². The first-order valence-corrected chi connectivity index (χ1v) is 8.45. The Morgan fingerprint density at radius 1 is 1.44 bits per heavy atom. The summed E-state index contributed by atoms with van der Waals surface area (Å²) in [6, 6.07) is 1.46. The summed E-state index contributed by atoms with van der Waals surface area (Å²) in [5.41, 5.74) is 0. The fourth-order valence-electron chi connectivity index (χ4n) is 2.11. The molecule has 100 valence electrons. The van der Waals surface area contributed by atoms with Gasteiger partial charge in [0.25, 0.3) is 0 Å². The lowest BCUT2D eigenvalue weighted by atomic mass is 10.1. The van der Waals surface area contributed by atoms with Crippen LogP contribution in [0.3, 0.4) is 0 Å². The van der Waals surface area contributed by atoms with Gasteiger partial charge in [0, 0.05) is 17.2 Å². The summed E-state index contributed by atoms with van der Waals surface area (Å²) in [5, 5.41) is -0.00266. The molecule has 0 aromatic carbocycles. The van der Waals surface area contributed by atoms with E-state index >= 15 is 0 Å². The lowest BCUT2D eigenvalue weighted by Crippen LogP contribution is -2.28. The second-order valence-corrected chi connectivity index (χ2v) is 7.45. The van der Waals surface area contributed by atoms with Gasteiger partial charge in [-0.15, -0.1) is 0 Å². The number of hydrogen-bond acceptors (Lipinski definition) is 3. The van der Waals surface area contributed by atoms with Crippen LogP contribution in [-0.2, 0) is 10.0 Å². The van der Waals surface area contributed by atoms with Gasteiger partial charge in [0.15, 0.2) is 0 Å². The molecule has 1 heterocycles. The average Bonchev–Trinajstić information content (AvgIpc) is 2.83. The van der Waals surface area contributed by atoms with Gasteiger partial charge in [-0.1, -0.05) is 24.4 Å². The molecule has 1 aliphatic rings. The quantitative estimate of drug-likeness (QED) is 0.847. The van der Waals surface area contributed by atoms with Crippen molar-refractivity contribution >= 4 is 37.6 Å². The number of aromatic nitrogens is 1. The van der Waals surface area contributed by atoms with Crippen molar-refractivity contribution in [1.82, 2.24) is 9.71 Å². The van der Waals surface area contributed by atoms with Gasteiger partial charge in [-0.25, -0.2) is 18.1 Å². The van der Waals surface area contributed by atoms with Gasteiger partial charge in [-0.3, -0.25) is 0 Å². The van der Waals surface area contributed by atoms with E-state index in [0.717, 1.165) is 12.8 Å². The predicted octanol–water partition coefficient (Wildman–Crippen LogP) is 2.97. The van der Waals surface area contributed by atoms with Crippen LogP contribution < -0.4 is 4.72 Å². The SMILES string of the molecule is O=S(=O)(NCC1CCCC1)c1cc(Br)cnc1Cl. The second kappa shape index (κ2) is 5.86. The van der Waals surface area contributed by atoms with Crippen LogP contribution in [0, 0.1) is 5.92 Å². The third-order valence-electron chi connectivity index (χ3n) is 3.10. The van der Waals surface area contributed by atoms with Crippen molar-refractivity contribution in [3.05, 3.63) is 21.9 Å². The molecule has 1 fully saturated rings. The van der Waals surface area contributed by atoms with E-state index in [1.54, 1.807) is 0 Å². The standard InChI is InChI=1S/C11H14BrClN2O2S/c12-9-5-10(11(13)14-7-9)18(16,17)15-6-8-3-1-2-4-8/h5,7-8,15H,1-4,6H2. The highest BCUT2D eigenvalue weighted by Crippen LogP contribution is 2.26. The molecule has 18 heavy (non-hydrogen) atoms. The number of nitrogens with one attached hydrogen (secondary N) is 1. The predicted molar refractivity (Wildman–Crippen MR) is 74.1 cm³/mol. The van der Waals surface area contributed by atoms with E-state index in [0.29, 0.717) is 16.9 Å². The Bertz CT molecular complexity index is 530. The number of rotatable bonds is 4. The maximum atomic E-state index is 12.1. The first kappa shape index (κ1) is 14.2. The number of hydrogen-bond donors (Lipinski definition) is 1. The summed E-state index contributed by atoms with van der Waals surface area (Å²) in [4.78, 5) is 3.85. The highest BCUT2D eigenvalue weighted by molar-refractivity contribution is 9.10. The van der Waals surface area contributed by atoms with Gasteiger partial charge in [-0.05, 0) is 40.8 Å². The zero-order valence-corrected chi connectivity index (χ0v) is 12.9. The lowest BCUT2D eigenvalue weighted by molar-refractivity contribution is 0.519. The van der Waals surface area contributed by atoms with Crippen molar-refractivity contribution in [2.45, 2.75) is 30.6 Å². The fourth-order valence-corrected chi connectivity index (χ4v) is 4.17. The monoisotopic (exact) mass is 352 g/mol. The maximum Gasteiger partial charge on any atom is 0.243 e. The van der Waals surface area contributed by atoms with E-state index in [1.165, 1.54) is 25.1 Å². The first-order chi connectivity index (χ1) is 8.49. The molecule has 1 saturated carbocycles. The van der Waals surface area contributed by atoms with E-state index in [4.69, 9.17) is 11.6 Å². The first-order valence-electron chi connectivity index (χ1n) is 5.80. The van der Waals surface area contributed by atoms with Crippen molar-refractivity contribution < 1.29 is 8.42 Å². The maximum absolute atomic E-state index is 12.1. The van der Waals surface area contributed by atoms with E-state index in [-0.39, 0.29) is 10.0 Å². The van der Waals surface area contributed by atoms with Crippen LogP contribution in [-0.4, -0.2) is 19.9 Å². The Kier molecular flexibility index (Phi) is 4.64. The van der Waals surface area contributed by atoms with Crippen LogP contribution in [0.1, 0.15) is 25.7 Å². The summed E-state index contributed by atoms with van der Waals surface area (Å²) < 4.78 is 27.4. The molecule has 1 aliphatic carbocycles. The van der Waals surface area contributed by atoms with E-state index < -0.39 is 10.0 Å². The lowest BCUT2D eigenvalue weighted by Gasteiger charge is -2.12. The Morgan fingerprint density at radius 2 is 2.11 bits per heavy atom. The summed E-state index contributed by atoms with van der Waals surface area (Å²) in [6.45, 7) is 0.477. The summed E-state index contributed by atoms with van der Waals surface area (Å²) in [5.74, 6) is 0.443. The van der Waals surface area contributed by atoms with Gasteiger partial charge in [0.1, 0.15) is 10.0 Å². The summed E-state index contributed by atoms with van der Waals surface area (Å²) in [7, 11) is -3.58. The minimum atomic E-state index is -3.58. The number of pyridine rings is 1. The molecule has 0 amide bonds. The second-order valence-electron chi connectivity index (χ2n) is 4.44. The molecule has 0 saturated heterocycles. The number of halogens is 2. The largest absolute Gasteiger partial charge is 0.243 e. The topological polar surface area (TPSA) is 59.1 Å². The third kappa shape index (κ3) is 3.44. The van der Waals surface area contributed by atoms with Gasteiger partial charge in [0.05, 0.1) is 0 Å². The van der Waals surface area contributed by atoms with Gasteiger partial charge in [-0.2, -0.15) is 0 Å². The minimum Gasteiger partial charge on any atom is -0.242 e. The molecule has 0 bridgehead atoms. The van der Waals surface area contributed by atoms with E-state index in [2.05, 4.69) is 25.6 Å². The van der Waals surface area contributed by atoms with Gasteiger partial charge in [0.2, 0.25) is 10.0 Å². The van der Waals surface area contributed by atoms with Crippen molar-refractivity contribution in [3.63, 3.8) is 0 Å². The van der Waals surface area contributed by atoms with Crippen LogP contribution in [0.2, 0.25) is 5.15 Å². The normalized spacial score (nSPS) is 17.2. The zero-order valence-electron chi connectivity index (χ0n) is 9.70. The van der Waals surface area contributed by atoms with Crippen molar-refractivity contribution in [1.29, 1.82) is 0 Å². The Hall–Kier alpha value is -0.170. The Balaban J connectivity index is 2.12. The van der Waals surface area contributed by atoms with Crippen molar-refractivity contribution in [3.8, 4) is 0 Å². The molecule has 1 aromatic heterocycles. The molecule has 1 N–H and O–H groups in total. The molecule has 4 nitrogen and oxygen atoms in total. The molecular formula is C11H14BrClN2O2S. The van der Waals surface area contributed by atoms with E-state index in [1.807, 2.05) is 0 Å². The van der Waals surface area contributed by atoms with Crippen LogP contribution in [0.4, 0.5) is 0 Å². The van der Waals surface area contributed by atoms with Crippen LogP contribution in [0.25, 0.3) is 0 Å². The van der Waals surface area contributed by atoms with Gasteiger partial charge < -0.3 is 0 Å². The highest BCUT2D eigenvalue weighted by Gasteiger charge is 2.22. The smallest absolute Gasteiger partial charge is 0.242 e. The molecule has 0 radical (unpaired) electrons. The molecule has 7 heteroatoms. The zero-order chi connectivity index (χ0) is 13.2. The van der Waals surface area contributed by atoms with Crippen molar-refractivity contribution in [2.24, 2.45) is 5.92 Å². The number of nitrogens with zero attached hydrogens (tertiary/aromatic N) is 1. The Morgan fingerprint density at radius 3 is 2.78 bits per heavy atom. The van der Waals surface area contributed by atoms with Crippen LogP contribution >= 0.6 is 27.5 Å². The minimum absolute atomic E-state index is 0.00266. The molecule has 1 aromatic rings. The fraction of sp³-hybridized carbons (Fsp3) is 0.545. The van der Waals surface area contributed by atoms with Crippen LogP contribution in [0.15, 0.2) is 21.6 Å². The number of sulfonamides is 1. The molecule has 2 rings (SSSR count). The van der Waals surface area contributed by atoms with Crippen LogP contribution in [0.5, 0.6) is 0 Å². The van der Waals surface area contributed by atoms with Gasteiger partial charge >= 0.3 is 0 Å². The average molecular weight is 354 g/mol. The Labute approximate surface area is 120 Å². The summed E-state index contributed by atoms with van der Waals surface area (Å²) >= 11 is 9.02. The molecular weight excluding hydrogens is 340 g/mol. The molecule has 0 atom stereocenters. The molecule has 0 aliphatic heterocycles. The summed E-state index contributed by atoms with van der Waals surface area (Å²) in [6.07, 6.45) is 6.02.